The zero-order valence-electron chi connectivity index (χ0n) is 19.6. The molecule has 4 unspecified atom stereocenters. The maximum atomic E-state index is 12.9. The molecule has 0 fully saturated rings. The number of primary amides is 1. The Morgan fingerprint density at radius 2 is 1.17 bits per heavy atom. The van der Waals surface area contributed by atoms with Crippen LogP contribution in [-0.4, -0.2) is 87.6 Å². The van der Waals surface area contributed by atoms with Crippen molar-refractivity contribution in [3.8, 4) is 0 Å². The molecule has 0 aliphatic rings. The molecular weight excluding hydrogens is 484 g/mol. The molecule has 0 spiro atoms. The van der Waals surface area contributed by atoms with Crippen LogP contribution in [0.15, 0.2) is 0 Å². The fourth-order valence-corrected chi connectivity index (χ4v) is 2.95. The van der Waals surface area contributed by atoms with E-state index in [1.165, 1.54) is 0 Å². The number of hydrogen-bond donors (Lipinski definition) is 9. The van der Waals surface area contributed by atoms with Crippen LogP contribution in [0.3, 0.4) is 0 Å². The highest BCUT2D eigenvalue weighted by atomic mass is 16.4. The highest BCUT2D eigenvalue weighted by Gasteiger charge is 2.31. The third-order valence-electron chi connectivity index (χ3n) is 4.89. The van der Waals surface area contributed by atoms with E-state index >= 15 is 0 Å². The van der Waals surface area contributed by atoms with Gasteiger partial charge in [0.15, 0.2) is 0 Å². The predicted molar refractivity (Wildman–Crippen MR) is 122 cm³/mol. The zero-order chi connectivity index (χ0) is 27.8. The van der Waals surface area contributed by atoms with Gasteiger partial charge in [-0.1, -0.05) is 0 Å². The molecule has 0 radical (unpaired) electrons. The molecule has 0 saturated carbocycles. The number of amides is 4. The van der Waals surface area contributed by atoms with Crippen LogP contribution in [0.1, 0.15) is 51.4 Å². The molecule has 0 aliphatic heterocycles. The summed E-state index contributed by atoms with van der Waals surface area (Å²) in [6.45, 7) is 0.284. The molecule has 0 heterocycles. The van der Waals surface area contributed by atoms with Gasteiger partial charge in [-0.25, -0.2) is 4.79 Å². The number of unbranched alkanes of at least 4 members (excludes halogenated alkanes) is 1. The summed E-state index contributed by atoms with van der Waals surface area (Å²) in [4.78, 5) is 82.0. The van der Waals surface area contributed by atoms with E-state index in [0.29, 0.717) is 12.8 Å². The molecule has 0 bridgehead atoms. The van der Waals surface area contributed by atoms with Crippen molar-refractivity contribution in [2.75, 3.05) is 6.54 Å². The first kappa shape index (κ1) is 32.2. The predicted octanol–water partition coefficient (Wildman–Crippen LogP) is -3.41. The van der Waals surface area contributed by atoms with E-state index in [1.54, 1.807) is 0 Å². The zero-order valence-corrected chi connectivity index (χ0v) is 19.6. The lowest BCUT2D eigenvalue weighted by molar-refractivity contribution is -0.143. The molecule has 0 aromatic carbocycles. The van der Waals surface area contributed by atoms with E-state index in [9.17, 15) is 38.7 Å². The Kier molecular flexibility index (Phi) is 15.0. The number of rotatable bonds is 19. The van der Waals surface area contributed by atoms with Gasteiger partial charge in [0.25, 0.3) is 0 Å². The van der Waals surface area contributed by atoms with Crippen LogP contribution in [0.25, 0.3) is 0 Å². The number of carbonyl (C=O) groups is 7. The average molecular weight is 519 g/mol. The van der Waals surface area contributed by atoms with Crippen LogP contribution in [0.5, 0.6) is 0 Å². The number of carboxylic acid groups (broad SMARTS) is 3. The summed E-state index contributed by atoms with van der Waals surface area (Å²) in [6, 6.07) is -5.77. The number of nitrogens with one attached hydrogen (secondary N) is 3. The van der Waals surface area contributed by atoms with Crippen LogP contribution in [0.4, 0.5) is 0 Å². The van der Waals surface area contributed by atoms with E-state index in [-0.39, 0.29) is 25.8 Å². The van der Waals surface area contributed by atoms with Crippen LogP contribution < -0.4 is 33.2 Å². The normalized spacial score (nSPS) is 13.9. The molecule has 0 aliphatic carbocycles. The minimum absolute atomic E-state index is 0.0399. The Morgan fingerprint density at radius 1 is 0.667 bits per heavy atom. The number of hydrogen-bond acceptors (Lipinski definition) is 9. The average Bonchev–Trinajstić information content (AvgIpc) is 2.77. The lowest BCUT2D eigenvalue weighted by atomic mass is 10.0. The highest BCUT2D eigenvalue weighted by Crippen LogP contribution is 2.07. The lowest BCUT2D eigenvalue weighted by Gasteiger charge is -2.25. The van der Waals surface area contributed by atoms with Crippen LogP contribution in [-0.2, 0) is 33.6 Å². The Bertz CT molecular complexity index is 821. The molecule has 4 amide bonds. The van der Waals surface area contributed by atoms with Gasteiger partial charge in [-0.2, -0.15) is 0 Å². The summed E-state index contributed by atoms with van der Waals surface area (Å²) in [7, 11) is 0. The van der Waals surface area contributed by atoms with Gasteiger partial charge in [0.2, 0.25) is 23.6 Å². The van der Waals surface area contributed by atoms with E-state index in [1.807, 2.05) is 0 Å². The van der Waals surface area contributed by atoms with Crippen molar-refractivity contribution in [3.05, 3.63) is 0 Å². The van der Waals surface area contributed by atoms with E-state index in [0.717, 1.165) is 0 Å². The fourth-order valence-electron chi connectivity index (χ4n) is 2.95. The Morgan fingerprint density at radius 3 is 1.64 bits per heavy atom. The molecule has 16 nitrogen and oxygen atoms in total. The molecule has 36 heavy (non-hydrogen) atoms. The molecular formula is C20H34N6O10. The van der Waals surface area contributed by atoms with Crippen molar-refractivity contribution in [3.63, 3.8) is 0 Å². The number of carboxylic acids is 3. The van der Waals surface area contributed by atoms with Gasteiger partial charge >= 0.3 is 17.9 Å². The Labute approximate surface area is 206 Å². The van der Waals surface area contributed by atoms with E-state index < -0.39 is 85.0 Å². The van der Waals surface area contributed by atoms with Crippen molar-refractivity contribution >= 4 is 41.5 Å². The molecule has 0 aromatic heterocycles. The third kappa shape index (κ3) is 13.8. The second-order valence-corrected chi connectivity index (χ2v) is 7.95. The highest BCUT2D eigenvalue weighted by molar-refractivity contribution is 5.95. The van der Waals surface area contributed by atoms with Crippen LogP contribution in [0.2, 0.25) is 0 Å². The summed E-state index contributed by atoms with van der Waals surface area (Å²) >= 11 is 0. The second-order valence-electron chi connectivity index (χ2n) is 7.95. The molecule has 4 atom stereocenters. The monoisotopic (exact) mass is 518 g/mol. The van der Waals surface area contributed by atoms with Gasteiger partial charge in [-0.05, 0) is 38.6 Å². The van der Waals surface area contributed by atoms with E-state index in [4.69, 9.17) is 27.4 Å². The summed E-state index contributed by atoms with van der Waals surface area (Å²) in [5, 5.41) is 33.8. The molecule has 0 aromatic rings. The fraction of sp³-hybridized carbons (Fsp3) is 0.650. The van der Waals surface area contributed by atoms with Gasteiger partial charge in [0, 0.05) is 12.8 Å². The van der Waals surface area contributed by atoms with Gasteiger partial charge < -0.3 is 48.5 Å². The van der Waals surface area contributed by atoms with Gasteiger partial charge in [0.1, 0.15) is 18.1 Å². The van der Waals surface area contributed by atoms with Gasteiger partial charge in [0.05, 0.1) is 12.5 Å². The van der Waals surface area contributed by atoms with Crippen molar-refractivity contribution in [2.45, 2.75) is 75.5 Å². The summed E-state index contributed by atoms with van der Waals surface area (Å²) in [6.07, 6.45) is -1.49. The van der Waals surface area contributed by atoms with Crippen LogP contribution in [0, 0.1) is 0 Å². The van der Waals surface area contributed by atoms with Crippen molar-refractivity contribution < 1.29 is 48.9 Å². The topological polar surface area (TPSA) is 294 Å². The smallest absolute Gasteiger partial charge is 0.326 e. The number of nitrogens with two attached hydrogens (primary N) is 3. The third-order valence-corrected chi connectivity index (χ3v) is 4.89. The molecule has 204 valence electrons. The minimum Gasteiger partial charge on any atom is -0.481 e. The van der Waals surface area contributed by atoms with Crippen molar-refractivity contribution in [2.24, 2.45) is 17.2 Å². The Hall–Kier alpha value is -3.79. The minimum atomic E-state index is -1.54. The Balaban J connectivity index is 5.60. The van der Waals surface area contributed by atoms with Gasteiger partial charge in [-0.15, -0.1) is 0 Å². The maximum Gasteiger partial charge on any atom is 0.326 e. The van der Waals surface area contributed by atoms with Crippen LogP contribution >= 0.6 is 0 Å². The van der Waals surface area contributed by atoms with Crippen molar-refractivity contribution in [1.82, 2.24) is 16.0 Å². The lowest BCUT2D eigenvalue weighted by Crippen LogP contribution is -2.57. The summed E-state index contributed by atoms with van der Waals surface area (Å²) in [5.74, 6) is -7.78. The summed E-state index contributed by atoms with van der Waals surface area (Å²) in [5.41, 5.74) is 16.0. The number of aliphatic carboxylic acids is 3. The maximum absolute atomic E-state index is 12.9. The number of carbonyl (C=O) groups excluding carboxylic acids is 4. The summed E-state index contributed by atoms with van der Waals surface area (Å²) < 4.78 is 0. The largest absolute Gasteiger partial charge is 0.481 e. The second kappa shape index (κ2) is 16.8. The van der Waals surface area contributed by atoms with Gasteiger partial charge in [-0.3, -0.25) is 28.8 Å². The standard InChI is InChI=1S/C20H34N6O10/c21-8-2-1-3-11(24-17(32)10(22)9-16(30)31)18(33)25-12(5-7-15(28)29)19(34)26-13(20(35)36)4-6-14(23)27/h10-13H,1-9,21-22H2,(H2,23,27)(H,24,32)(H,25,33)(H,26,34)(H,28,29)(H,30,31)(H,35,36). The molecule has 0 saturated heterocycles. The SMILES string of the molecule is NCCCCC(NC(=O)C(N)CC(=O)O)C(=O)NC(CCC(=O)O)C(=O)NC(CCC(N)=O)C(=O)O. The van der Waals surface area contributed by atoms with Crippen molar-refractivity contribution in [1.29, 1.82) is 0 Å². The molecule has 12 N–H and O–H groups in total. The first-order valence-electron chi connectivity index (χ1n) is 11.1. The molecule has 16 heteroatoms. The first-order chi connectivity index (χ1) is 16.8. The van der Waals surface area contributed by atoms with E-state index in [2.05, 4.69) is 16.0 Å². The quantitative estimate of drug-likeness (QED) is 0.0755. The first-order valence-corrected chi connectivity index (χ1v) is 11.1. The molecule has 0 rings (SSSR count).